The van der Waals surface area contributed by atoms with E-state index in [0.29, 0.717) is 24.8 Å². The summed E-state index contributed by atoms with van der Waals surface area (Å²) < 4.78 is 5.74. The van der Waals surface area contributed by atoms with Crippen LogP contribution in [0.3, 0.4) is 0 Å². The van der Waals surface area contributed by atoms with Gasteiger partial charge in [-0.3, -0.25) is 4.79 Å². The summed E-state index contributed by atoms with van der Waals surface area (Å²) in [6.07, 6.45) is 1.46. The van der Waals surface area contributed by atoms with E-state index in [1.165, 1.54) is 0 Å². The number of H-pyrrole nitrogens is 1. The minimum atomic E-state index is -1.29. The average molecular weight is 302 g/mol. The van der Waals surface area contributed by atoms with Crippen molar-refractivity contribution in [2.24, 2.45) is 0 Å². The molecule has 0 aliphatic rings. The number of aromatic amines is 1. The highest BCUT2D eigenvalue weighted by molar-refractivity contribution is 5.86. The molecule has 0 amide bonds. The first-order valence-electron chi connectivity index (χ1n) is 7.02. The van der Waals surface area contributed by atoms with Crippen LogP contribution in [0.1, 0.15) is 41.5 Å². The van der Waals surface area contributed by atoms with E-state index in [9.17, 15) is 9.59 Å². The molecule has 22 heavy (non-hydrogen) atoms. The Morgan fingerprint density at radius 3 is 2.73 bits per heavy atom. The SMILES string of the molecule is CC(C)c1ccccc1OCCc1ncc(C(=O)O)c(=O)[nH]1. The van der Waals surface area contributed by atoms with Crippen molar-refractivity contribution >= 4 is 5.97 Å². The summed E-state index contributed by atoms with van der Waals surface area (Å²) in [4.78, 5) is 28.7. The second-order valence-electron chi connectivity index (χ2n) is 5.17. The fourth-order valence-corrected chi connectivity index (χ4v) is 2.06. The Morgan fingerprint density at radius 1 is 1.36 bits per heavy atom. The summed E-state index contributed by atoms with van der Waals surface area (Å²) in [6.45, 7) is 4.52. The van der Waals surface area contributed by atoms with Crippen LogP contribution in [0, 0.1) is 0 Å². The molecule has 0 saturated carbocycles. The first-order chi connectivity index (χ1) is 10.5. The standard InChI is InChI=1S/C16H18N2O4/c1-10(2)11-5-3-4-6-13(11)22-8-7-14-17-9-12(16(20)21)15(19)18-14/h3-6,9-10H,7-8H2,1-2H3,(H,20,21)(H,17,18,19). The molecule has 6 nitrogen and oxygen atoms in total. The lowest BCUT2D eigenvalue weighted by Gasteiger charge is -2.13. The van der Waals surface area contributed by atoms with Crippen LogP contribution < -0.4 is 10.3 Å². The summed E-state index contributed by atoms with van der Waals surface area (Å²) in [5.74, 6) is 0.269. The first kappa shape index (κ1) is 15.8. The van der Waals surface area contributed by atoms with E-state index in [-0.39, 0.29) is 5.56 Å². The maximum absolute atomic E-state index is 11.5. The molecule has 0 atom stereocenters. The Balaban J connectivity index is 2.02. The summed E-state index contributed by atoms with van der Waals surface area (Å²) in [5, 5.41) is 8.78. The Bertz CT molecular complexity index is 722. The molecule has 1 heterocycles. The molecule has 0 saturated heterocycles. The average Bonchev–Trinajstić information content (AvgIpc) is 2.47. The zero-order chi connectivity index (χ0) is 16.1. The van der Waals surface area contributed by atoms with E-state index in [4.69, 9.17) is 9.84 Å². The molecule has 0 bridgehead atoms. The van der Waals surface area contributed by atoms with Gasteiger partial charge < -0.3 is 14.8 Å². The molecule has 0 spiro atoms. The fourth-order valence-electron chi connectivity index (χ4n) is 2.06. The molecule has 1 aromatic carbocycles. The molecule has 0 unspecified atom stereocenters. The van der Waals surface area contributed by atoms with Gasteiger partial charge in [-0.25, -0.2) is 9.78 Å². The second kappa shape index (κ2) is 6.89. The number of benzene rings is 1. The van der Waals surface area contributed by atoms with Crippen LogP contribution in [0.2, 0.25) is 0 Å². The lowest BCUT2D eigenvalue weighted by molar-refractivity contribution is 0.0694. The van der Waals surface area contributed by atoms with Crippen molar-refractivity contribution < 1.29 is 14.6 Å². The largest absolute Gasteiger partial charge is 0.493 e. The number of ether oxygens (including phenoxy) is 1. The van der Waals surface area contributed by atoms with Crippen molar-refractivity contribution in [3.8, 4) is 5.75 Å². The van der Waals surface area contributed by atoms with E-state index < -0.39 is 11.5 Å². The van der Waals surface area contributed by atoms with Crippen molar-refractivity contribution in [3.05, 3.63) is 57.8 Å². The third-order valence-electron chi connectivity index (χ3n) is 3.22. The Morgan fingerprint density at radius 2 is 2.09 bits per heavy atom. The predicted octanol–water partition coefficient (Wildman–Crippen LogP) is 2.21. The molecule has 6 heteroatoms. The Kier molecular flexibility index (Phi) is 4.93. The monoisotopic (exact) mass is 302 g/mol. The van der Waals surface area contributed by atoms with Gasteiger partial charge in [-0.1, -0.05) is 32.0 Å². The van der Waals surface area contributed by atoms with Gasteiger partial charge in [-0.2, -0.15) is 0 Å². The molecule has 0 fully saturated rings. The number of carboxylic acid groups (broad SMARTS) is 1. The molecule has 116 valence electrons. The van der Waals surface area contributed by atoms with Crippen LogP contribution in [0.5, 0.6) is 5.75 Å². The van der Waals surface area contributed by atoms with Gasteiger partial charge >= 0.3 is 5.97 Å². The van der Waals surface area contributed by atoms with Crippen LogP contribution in [0.15, 0.2) is 35.3 Å². The summed E-state index contributed by atoms with van der Waals surface area (Å²) in [5.41, 5.74) is 0.0973. The number of nitrogens with zero attached hydrogens (tertiary/aromatic N) is 1. The van der Waals surface area contributed by atoms with E-state index in [0.717, 1.165) is 17.5 Å². The Hall–Kier alpha value is -2.63. The van der Waals surface area contributed by atoms with Crippen LogP contribution in [0.25, 0.3) is 0 Å². The minimum absolute atomic E-state index is 0.346. The number of hydrogen-bond donors (Lipinski definition) is 2. The normalized spacial score (nSPS) is 10.7. The van der Waals surface area contributed by atoms with Gasteiger partial charge in [0, 0.05) is 12.6 Å². The number of para-hydroxylation sites is 1. The number of rotatable bonds is 6. The topological polar surface area (TPSA) is 92.3 Å². The molecule has 2 aromatic rings. The molecule has 2 N–H and O–H groups in total. The molecular formula is C16H18N2O4. The van der Waals surface area contributed by atoms with Crippen LogP contribution in [-0.4, -0.2) is 27.7 Å². The maximum Gasteiger partial charge on any atom is 0.342 e. The molecule has 1 aromatic heterocycles. The highest BCUT2D eigenvalue weighted by Gasteiger charge is 2.10. The molecule has 0 radical (unpaired) electrons. The third kappa shape index (κ3) is 3.72. The predicted molar refractivity (Wildman–Crippen MR) is 81.5 cm³/mol. The lowest BCUT2D eigenvalue weighted by atomic mass is 10.0. The van der Waals surface area contributed by atoms with Gasteiger partial charge in [0.15, 0.2) is 0 Å². The van der Waals surface area contributed by atoms with E-state index in [1.807, 2.05) is 24.3 Å². The van der Waals surface area contributed by atoms with E-state index >= 15 is 0 Å². The van der Waals surface area contributed by atoms with Gasteiger partial charge in [-0.05, 0) is 17.5 Å². The highest BCUT2D eigenvalue weighted by Crippen LogP contribution is 2.25. The van der Waals surface area contributed by atoms with Crippen molar-refractivity contribution in [3.63, 3.8) is 0 Å². The highest BCUT2D eigenvalue weighted by atomic mass is 16.5. The van der Waals surface area contributed by atoms with Crippen molar-refractivity contribution in [1.82, 2.24) is 9.97 Å². The lowest BCUT2D eigenvalue weighted by Crippen LogP contribution is -2.21. The van der Waals surface area contributed by atoms with Crippen molar-refractivity contribution in [2.45, 2.75) is 26.2 Å². The Labute approximate surface area is 127 Å². The van der Waals surface area contributed by atoms with Crippen LogP contribution >= 0.6 is 0 Å². The zero-order valence-corrected chi connectivity index (χ0v) is 12.5. The fraction of sp³-hybridized carbons (Fsp3) is 0.312. The van der Waals surface area contributed by atoms with Gasteiger partial charge in [-0.15, -0.1) is 0 Å². The van der Waals surface area contributed by atoms with Crippen LogP contribution in [-0.2, 0) is 6.42 Å². The first-order valence-corrected chi connectivity index (χ1v) is 7.02. The van der Waals surface area contributed by atoms with E-state index in [2.05, 4.69) is 23.8 Å². The number of carboxylic acids is 1. The number of hydrogen-bond acceptors (Lipinski definition) is 4. The molecule has 0 aliphatic carbocycles. The van der Waals surface area contributed by atoms with Gasteiger partial charge in [0.1, 0.15) is 17.1 Å². The zero-order valence-electron chi connectivity index (χ0n) is 12.5. The number of nitrogens with one attached hydrogen (secondary N) is 1. The minimum Gasteiger partial charge on any atom is -0.493 e. The van der Waals surface area contributed by atoms with Gasteiger partial charge in [0.25, 0.3) is 5.56 Å². The maximum atomic E-state index is 11.5. The van der Waals surface area contributed by atoms with Gasteiger partial charge in [0.2, 0.25) is 0 Å². The summed E-state index contributed by atoms with van der Waals surface area (Å²) in [7, 11) is 0. The number of carbonyl (C=O) groups is 1. The smallest absolute Gasteiger partial charge is 0.342 e. The molecule has 2 rings (SSSR count). The van der Waals surface area contributed by atoms with Crippen LogP contribution in [0.4, 0.5) is 0 Å². The third-order valence-corrected chi connectivity index (χ3v) is 3.22. The molecule has 0 aliphatic heterocycles. The number of aromatic carboxylic acids is 1. The van der Waals surface area contributed by atoms with Crippen molar-refractivity contribution in [2.75, 3.05) is 6.61 Å². The van der Waals surface area contributed by atoms with Gasteiger partial charge in [0.05, 0.1) is 6.61 Å². The van der Waals surface area contributed by atoms with Crippen molar-refractivity contribution in [1.29, 1.82) is 0 Å². The summed E-state index contributed by atoms with van der Waals surface area (Å²) >= 11 is 0. The number of aromatic nitrogens is 2. The second-order valence-corrected chi connectivity index (χ2v) is 5.17. The molecular weight excluding hydrogens is 284 g/mol. The quantitative estimate of drug-likeness (QED) is 0.853. The van der Waals surface area contributed by atoms with E-state index in [1.54, 1.807) is 0 Å². The summed E-state index contributed by atoms with van der Waals surface area (Å²) in [6, 6.07) is 7.79.